The summed E-state index contributed by atoms with van der Waals surface area (Å²) in [7, 11) is 5.27. The number of nitrogens with one attached hydrogen (secondary N) is 1. The molecule has 0 bridgehead atoms. The number of hydrogen-bond donors (Lipinski definition) is 2. The van der Waals surface area contributed by atoms with Gasteiger partial charge < -0.3 is 40.0 Å². The number of hydrogen-bond acceptors (Lipinski definition) is 8. The van der Waals surface area contributed by atoms with Crippen molar-refractivity contribution < 1.29 is 28.6 Å². The molecule has 1 unspecified atom stereocenters. The van der Waals surface area contributed by atoms with Crippen LogP contribution < -0.4 is 30.2 Å². The van der Waals surface area contributed by atoms with Crippen molar-refractivity contribution in [1.29, 1.82) is 0 Å². The molecule has 0 spiro atoms. The number of carbonyl (C=O) groups excluding carboxylic acids is 3. The van der Waals surface area contributed by atoms with Crippen LogP contribution in [0.1, 0.15) is 59.7 Å². The highest BCUT2D eigenvalue weighted by molar-refractivity contribution is 6.09. The number of ether oxygens (including phenoxy) is 3. The number of rotatable bonds is 17. The van der Waals surface area contributed by atoms with Gasteiger partial charge in [-0.05, 0) is 87.7 Å². The van der Waals surface area contributed by atoms with E-state index < -0.39 is 0 Å². The van der Waals surface area contributed by atoms with E-state index in [4.69, 9.17) is 19.9 Å². The van der Waals surface area contributed by atoms with Gasteiger partial charge in [0.1, 0.15) is 17.2 Å². The van der Waals surface area contributed by atoms with Crippen molar-refractivity contribution in [2.75, 3.05) is 77.4 Å². The minimum absolute atomic E-state index is 0.225. The van der Waals surface area contributed by atoms with Gasteiger partial charge in [-0.1, -0.05) is 31.2 Å². The molecule has 11 nitrogen and oxygen atoms in total. The van der Waals surface area contributed by atoms with Crippen molar-refractivity contribution in [2.24, 2.45) is 11.7 Å². The number of piperazine rings is 1. The van der Waals surface area contributed by atoms with Gasteiger partial charge in [-0.25, -0.2) is 0 Å². The molecule has 264 valence electrons. The molecule has 3 N–H and O–H groups in total. The Bertz CT molecular complexity index is 1540. The Hall–Kier alpha value is -4.61. The Kier molecular flexibility index (Phi) is 14.3. The van der Waals surface area contributed by atoms with E-state index in [0.29, 0.717) is 71.8 Å². The third-order valence-electron chi connectivity index (χ3n) is 8.79. The molecule has 49 heavy (non-hydrogen) atoms. The number of methoxy groups -OCH3 is 1. The first-order chi connectivity index (χ1) is 23.7. The minimum atomic E-state index is -0.356. The van der Waals surface area contributed by atoms with Crippen LogP contribution in [0.3, 0.4) is 0 Å². The molecule has 3 amide bonds. The van der Waals surface area contributed by atoms with Gasteiger partial charge in [-0.2, -0.15) is 0 Å². The lowest BCUT2D eigenvalue weighted by atomic mass is 10.0. The quantitative estimate of drug-likeness (QED) is 0.185. The fraction of sp³-hybridized carbons (Fsp3) is 0.447. The summed E-state index contributed by atoms with van der Waals surface area (Å²) in [5, 5.41) is 2.89. The van der Waals surface area contributed by atoms with E-state index in [0.717, 1.165) is 51.9 Å². The summed E-state index contributed by atoms with van der Waals surface area (Å²) in [4.78, 5) is 45.3. The maximum Gasteiger partial charge on any atom is 0.259 e. The van der Waals surface area contributed by atoms with Crippen LogP contribution in [0.4, 0.5) is 11.4 Å². The average molecular weight is 674 g/mol. The summed E-state index contributed by atoms with van der Waals surface area (Å²) in [6.45, 7) is 7.08. The first-order valence-electron chi connectivity index (χ1n) is 17.1. The van der Waals surface area contributed by atoms with Crippen molar-refractivity contribution in [3.63, 3.8) is 0 Å². The predicted octanol–water partition coefficient (Wildman–Crippen LogP) is 5.30. The molecule has 1 aliphatic rings. The fourth-order valence-electron chi connectivity index (χ4n) is 5.58. The van der Waals surface area contributed by atoms with Crippen molar-refractivity contribution in [3.05, 3.63) is 77.9 Å². The lowest BCUT2D eigenvalue weighted by Crippen LogP contribution is -2.47. The number of carbonyl (C=O) groups is 3. The number of nitrogens with two attached hydrogens (primary N) is 1. The number of anilines is 2. The van der Waals surface area contributed by atoms with E-state index >= 15 is 0 Å². The minimum Gasteiger partial charge on any atom is -0.495 e. The zero-order valence-electron chi connectivity index (χ0n) is 29.3. The number of likely N-dealkylation sites (N-methyl/N-ethyl adjacent to an activating group) is 1. The van der Waals surface area contributed by atoms with Crippen LogP contribution in [-0.4, -0.2) is 94.7 Å². The molecule has 1 aliphatic heterocycles. The smallest absolute Gasteiger partial charge is 0.259 e. The van der Waals surface area contributed by atoms with Gasteiger partial charge in [0.2, 0.25) is 5.91 Å². The van der Waals surface area contributed by atoms with Gasteiger partial charge in [0.05, 0.1) is 37.3 Å². The predicted molar refractivity (Wildman–Crippen MR) is 193 cm³/mol. The first kappa shape index (κ1) is 37.2. The SMILES string of the molecule is COc1cc(C(=O)N(C)c2ccccc2OCCC(C)CCC(=O)N2CCN(C)CC2)ccc1NC(=O)c1ccccc1OCCCCN. The summed E-state index contributed by atoms with van der Waals surface area (Å²) < 4.78 is 17.6. The molecule has 3 aromatic carbocycles. The largest absolute Gasteiger partial charge is 0.495 e. The lowest BCUT2D eigenvalue weighted by Gasteiger charge is -2.32. The number of para-hydroxylation sites is 3. The van der Waals surface area contributed by atoms with Crippen molar-refractivity contribution in [3.8, 4) is 17.2 Å². The zero-order valence-corrected chi connectivity index (χ0v) is 29.3. The summed E-state index contributed by atoms with van der Waals surface area (Å²) in [6.07, 6.45) is 3.77. The molecule has 0 radical (unpaired) electrons. The maximum atomic E-state index is 13.7. The van der Waals surface area contributed by atoms with Crippen LogP contribution in [0.2, 0.25) is 0 Å². The van der Waals surface area contributed by atoms with E-state index in [1.165, 1.54) is 7.11 Å². The van der Waals surface area contributed by atoms with Crippen molar-refractivity contribution >= 4 is 29.1 Å². The van der Waals surface area contributed by atoms with Crippen LogP contribution in [-0.2, 0) is 4.79 Å². The van der Waals surface area contributed by atoms with Gasteiger partial charge in [-0.3, -0.25) is 14.4 Å². The summed E-state index contributed by atoms with van der Waals surface area (Å²) in [5.41, 5.74) is 7.40. The molecule has 1 atom stereocenters. The van der Waals surface area contributed by atoms with Gasteiger partial charge in [0, 0.05) is 45.2 Å². The third kappa shape index (κ3) is 10.7. The third-order valence-corrected chi connectivity index (χ3v) is 8.79. The van der Waals surface area contributed by atoms with Gasteiger partial charge >= 0.3 is 0 Å². The van der Waals surface area contributed by atoms with Crippen LogP contribution in [0.25, 0.3) is 0 Å². The molecular formula is C38H51N5O6. The number of unbranched alkanes of at least 4 members (excludes halogenated alkanes) is 1. The molecule has 0 aliphatic carbocycles. The summed E-state index contributed by atoms with van der Waals surface area (Å²) in [5.74, 6) is 1.35. The standard InChI is InChI=1S/C38H51N5O6/c1-28(15-18-36(44)43-23-21-41(2)22-24-43)19-26-49-34-14-8-6-12-32(34)42(3)38(46)29-16-17-31(35(27-29)47-4)40-37(45)30-11-5-7-13-33(30)48-25-10-9-20-39/h5-8,11-14,16-17,27-28H,9-10,15,18-26,39H2,1-4H3,(H,40,45). The molecule has 1 heterocycles. The second-order valence-corrected chi connectivity index (χ2v) is 12.5. The number of nitrogens with zero attached hydrogens (tertiary/aromatic N) is 3. The topological polar surface area (TPSA) is 127 Å². The Labute approximate surface area is 290 Å². The molecule has 11 heteroatoms. The normalized spacial score (nSPS) is 13.8. The van der Waals surface area contributed by atoms with Gasteiger partial charge in [0.15, 0.2) is 0 Å². The molecule has 1 fully saturated rings. The van der Waals surface area contributed by atoms with Crippen LogP contribution >= 0.6 is 0 Å². The van der Waals surface area contributed by atoms with Crippen LogP contribution in [0.15, 0.2) is 66.7 Å². The van der Waals surface area contributed by atoms with E-state index in [1.807, 2.05) is 35.2 Å². The van der Waals surface area contributed by atoms with E-state index in [9.17, 15) is 14.4 Å². The number of benzene rings is 3. The second kappa shape index (κ2) is 18.8. The lowest BCUT2D eigenvalue weighted by molar-refractivity contribution is -0.133. The highest BCUT2D eigenvalue weighted by atomic mass is 16.5. The van der Waals surface area contributed by atoms with Crippen molar-refractivity contribution in [2.45, 2.75) is 39.0 Å². The van der Waals surface area contributed by atoms with Gasteiger partial charge in [-0.15, -0.1) is 0 Å². The highest BCUT2D eigenvalue weighted by Gasteiger charge is 2.22. The summed E-state index contributed by atoms with van der Waals surface area (Å²) >= 11 is 0. The molecule has 4 rings (SSSR count). The Morgan fingerprint density at radius 3 is 2.31 bits per heavy atom. The van der Waals surface area contributed by atoms with Gasteiger partial charge in [0.25, 0.3) is 11.8 Å². The van der Waals surface area contributed by atoms with Crippen LogP contribution in [0, 0.1) is 5.92 Å². The monoisotopic (exact) mass is 673 g/mol. The molecule has 1 saturated heterocycles. The van der Waals surface area contributed by atoms with E-state index in [2.05, 4.69) is 24.2 Å². The molecular weight excluding hydrogens is 622 g/mol. The second-order valence-electron chi connectivity index (χ2n) is 12.5. The first-order valence-corrected chi connectivity index (χ1v) is 17.1. The van der Waals surface area contributed by atoms with Crippen molar-refractivity contribution in [1.82, 2.24) is 9.80 Å². The Morgan fingerprint density at radius 2 is 1.57 bits per heavy atom. The highest BCUT2D eigenvalue weighted by Crippen LogP contribution is 2.32. The molecule has 0 aromatic heterocycles. The summed E-state index contributed by atoms with van der Waals surface area (Å²) in [6, 6.07) is 19.4. The maximum absolute atomic E-state index is 13.7. The molecule has 0 saturated carbocycles. The van der Waals surface area contributed by atoms with E-state index in [-0.39, 0.29) is 17.7 Å². The van der Waals surface area contributed by atoms with E-state index in [1.54, 1.807) is 48.3 Å². The number of amides is 3. The Balaban J connectivity index is 1.34. The Morgan fingerprint density at radius 1 is 0.878 bits per heavy atom. The zero-order chi connectivity index (χ0) is 35.2. The van der Waals surface area contributed by atoms with Crippen LogP contribution in [0.5, 0.6) is 17.2 Å². The fourth-order valence-corrected chi connectivity index (χ4v) is 5.58. The molecule has 3 aromatic rings. The average Bonchev–Trinajstić information content (AvgIpc) is 3.12.